The van der Waals surface area contributed by atoms with Crippen LogP contribution in [0.2, 0.25) is 0 Å². The van der Waals surface area contributed by atoms with Crippen LogP contribution in [0, 0.1) is 7.40 Å². The number of pyridine rings is 1. The number of carbonyl (C=O) groups excluding carboxylic acids is 1. The second kappa shape index (κ2) is 5.38. The molecule has 0 spiro atoms. The van der Waals surface area contributed by atoms with Crippen LogP contribution < -0.4 is 5.73 Å². The van der Waals surface area contributed by atoms with Crippen LogP contribution in [-0.4, -0.2) is 27.6 Å². The normalized spacial score (nSPS) is 10.4. The number of anilines is 1. The van der Waals surface area contributed by atoms with E-state index in [0.29, 0.717) is 17.1 Å². The molecule has 0 amide bonds. The number of halogens is 2. The molecule has 8 heteroatoms. The number of ether oxygens (including phenoxy) is 1. The van der Waals surface area contributed by atoms with E-state index in [1.54, 1.807) is 10.9 Å². The first kappa shape index (κ1) is 13.5. The van der Waals surface area contributed by atoms with Crippen molar-refractivity contribution in [2.24, 2.45) is 0 Å². The standard InChI is InChI=1S/C10H8I2N4O2/c1-18-10(17)6-2-5(13)3-14-9(6)16-4-15-7(11)8(16)12/h2-4H,13H2,1H3. The highest BCUT2D eigenvalue weighted by Gasteiger charge is 2.18. The van der Waals surface area contributed by atoms with E-state index in [0.717, 1.165) is 7.40 Å². The number of nitrogens with two attached hydrogens (primary N) is 1. The summed E-state index contributed by atoms with van der Waals surface area (Å²) in [5.41, 5.74) is 6.36. The molecule has 0 radical (unpaired) electrons. The van der Waals surface area contributed by atoms with Crippen LogP contribution in [0.25, 0.3) is 5.82 Å². The molecular weight excluding hydrogens is 462 g/mol. The summed E-state index contributed by atoms with van der Waals surface area (Å²) in [6.45, 7) is 0. The van der Waals surface area contributed by atoms with Gasteiger partial charge in [-0.2, -0.15) is 0 Å². The Bertz CT molecular complexity index is 612. The van der Waals surface area contributed by atoms with Gasteiger partial charge in [0, 0.05) is 0 Å². The molecule has 0 saturated carbocycles. The molecule has 0 bridgehead atoms. The number of esters is 1. The van der Waals surface area contributed by atoms with E-state index >= 15 is 0 Å². The summed E-state index contributed by atoms with van der Waals surface area (Å²) in [5.74, 6) is -0.0276. The molecule has 2 aromatic rings. The largest absolute Gasteiger partial charge is 0.465 e. The van der Waals surface area contributed by atoms with Crippen molar-refractivity contribution in [3.63, 3.8) is 0 Å². The fraction of sp³-hybridized carbons (Fsp3) is 0.100. The van der Waals surface area contributed by atoms with Gasteiger partial charge >= 0.3 is 5.97 Å². The molecule has 6 nitrogen and oxygen atoms in total. The number of hydrogen-bond donors (Lipinski definition) is 1. The Morgan fingerprint density at radius 2 is 2.17 bits per heavy atom. The molecule has 2 heterocycles. The van der Waals surface area contributed by atoms with Crippen LogP contribution in [0.5, 0.6) is 0 Å². The van der Waals surface area contributed by atoms with Gasteiger partial charge in [-0.25, -0.2) is 14.8 Å². The third kappa shape index (κ3) is 2.43. The Labute approximate surface area is 130 Å². The maximum Gasteiger partial charge on any atom is 0.341 e. The van der Waals surface area contributed by atoms with Crippen molar-refractivity contribution in [3.8, 4) is 5.82 Å². The van der Waals surface area contributed by atoms with Gasteiger partial charge in [-0.3, -0.25) is 4.57 Å². The summed E-state index contributed by atoms with van der Waals surface area (Å²) in [6, 6.07) is 1.54. The van der Waals surface area contributed by atoms with Crippen molar-refractivity contribution in [2.45, 2.75) is 0 Å². The van der Waals surface area contributed by atoms with Crippen molar-refractivity contribution in [2.75, 3.05) is 12.8 Å². The summed E-state index contributed by atoms with van der Waals surface area (Å²) < 4.78 is 8.15. The summed E-state index contributed by atoms with van der Waals surface area (Å²) >= 11 is 4.24. The highest BCUT2D eigenvalue weighted by Crippen LogP contribution is 2.21. The monoisotopic (exact) mass is 470 g/mol. The maximum atomic E-state index is 11.7. The Morgan fingerprint density at radius 3 is 2.72 bits per heavy atom. The molecule has 2 aromatic heterocycles. The number of imidazole rings is 1. The van der Waals surface area contributed by atoms with Gasteiger partial charge in [0.1, 0.15) is 19.3 Å². The summed E-state index contributed by atoms with van der Waals surface area (Å²) in [6.07, 6.45) is 3.10. The van der Waals surface area contributed by atoms with E-state index in [1.165, 1.54) is 19.4 Å². The molecule has 2 rings (SSSR count). The smallest absolute Gasteiger partial charge is 0.341 e. The summed E-state index contributed by atoms with van der Waals surface area (Å²) in [5, 5.41) is 0. The zero-order chi connectivity index (χ0) is 13.3. The van der Waals surface area contributed by atoms with Gasteiger partial charge in [-0.05, 0) is 51.2 Å². The first-order valence-electron chi connectivity index (χ1n) is 4.77. The lowest BCUT2D eigenvalue weighted by Crippen LogP contribution is -2.11. The third-order valence-electron chi connectivity index (χ3n) is 2.19. The molecule has 0 saturated heterocycles. The Hall–Kier alpha value is -0.910. The van der Waals surface area contributed by atoms with E-state index < -0.39 is 5.97 Å². The highest BCUT2D eigenvalue weighted by molar-refractivity contribution is 14.1. The van der Waals surface area contributed by atoms with Crippen LogP contribution in [0.15, 0.2) is 18.6 Å². The van der Waals surface area contributed by atoms with E-state index in [9.17, 15) is 4.79 Å². The maximum absolute atomic E-state index is 11.7. The molecule has 0 unspecified atom stereocenters. The van der Waals surface area contributed by atoms with Gasteiger partial charge in [0.2, 0.25) is 0 Å². The molecule has 0 aliphatic carbocycles. The average Bonchev–Trinajstić information content (AvgIpc) is 2.69. The minimum absolute atomic E-state index is 0.309. The lowest BCUT2D eigenvalue weighted by atomic mass is 10.2. The van der Waals surface area contributed by atoms with Crippen molar-refractivity contribution in [1.82, 2.24) is 14.5 Å². The number of hydrogen-bond acceptors (Lipinski definition) is 5. The summed E-state index contributed by atoms with van der Waals surface area (Å²) in [4.78, 5) is 20.1. The van der Waals surface area contributed by atoms with E-state index in [-0.39, 0.29) is 0 Å². The van der Waals surface area contributed by atoms with Gasteiger partial charge in [-0.15, -0.1) is 0 Å². The third-order valence-corrected chi connectivity index (χ3v) is 5.04. The fourth-order valence-electron chi connectivity index (χ4n) is 1.39. The second-order valence-corrected chi connectivity index (χ2v) is 5.37. The molecule has 2 N–H and O–H groups in total. The number of methoxy groups -OCH3 is 1. The average molecular weight is 470 g/mol. The molecule has 0 aliphatic rings. The SMILES string of the molecule is COC(=O)c1cc(N)cnc1-n1cnc(I)c1I. The number of carbonyl (C=O) groups is 1. The van der Waals surface area contributed by atoms with Crippen LogP contribution >= 0.6 is 45.2 Å². The predicted octanol–water partition coefficient (Wildman–Crippen LogP) is 1.85. The van der Waals surface area contributed by atoms with E-state index in [4.69, 9.17) is 10.5 Å². The van der Waals surface area contributed by atoms with Crippen LogP contribution in [0.4, 0.5) is 5.69 Å². The molecule has 0 aromatic carbocycles. The second-order valence-electron chi connectivity index (χ2n) is 3.33. The molecule has 0 aliphatic heterocycles. The lowest BCUT2D eigenvalue weighted by molar-refractivity contribution is 0.0600. The predicted molar refractivity (Wildman–Crippen MR) is 82.5 cm³/mol. The zero-order valence-corrected chi connectivity index (χ0v) is 13.5. The van der Waals surface area contributed by atoms with E-state index in [1.807, 2.05) is 0 Å². The van der Waals surface area contributed by atoms with Crippen LogP contribution in [0.3, 0.4) is 0 Å². The first-order valence-corrected chi connectivity index (χ1v) is 6.93. The number of nitrogen functional groups attached to an aromatic ring is 1. The van der Waals surface area contributed by atoms with Gasteiger partial charge in [-0.1, -0.05) is 0 Å². The minimum Gasteiger partial charge on any atom is -0.465 e. The summed E-state index contributed by atoms with van der Waals surface area (Å²) in [7, 11) is 1.32. The molecular formula is C10H8I2N4O2. The van der Waals surface area contributed by atoms with Crippen molar-refractivity contribution in [1.29, 1.82) is 0 Å². The highest BCUT2D eigenvalue weighted by atomic mass is 127. The molecule has 0 atom stereocenters. The van der Waals surface area contributed by atoms with Gasteiger partial charge in [0.15, 0.2) is 5.82 Å². The van der Waals surface area contributed by atoms with Gasteiger partial charge in [0.05, 0.1) is 19.0 Å². The van der Waals surface area contributed by atoms with Gasteiger partial charge in [0.25, 0.3) is 0 Å². The van der Waals surface area contributed by atoms with Crippen LogP contribution in [-0.2, 0) is 4.74 Å². The molecule has 18 heavy (non-hydrogen) atoms. The van der Waals surface area contributed by atoms with E-state index in [2.05, 4.69) is 55.1 Å². The quantitative estimate of drug-likeness (QED) is 0.536. The number of nitrogens with zero attached hydrogens (tertiary/aromatic N) is 3. The van der Waals surface area contributed by atoms with Gasteiger partial charge < -0.3 is 10.5 Å². The number of aromatic nitrogens is 3. The lowest BCUT2D eigenvalue weighted by Gasteiger charge is -2.09. The Kier molecular flexibility index (Phi) is 4.04. The fourth-order valence-corrected chi connectivity index (χ4v) is 2.26. The Balaban J connectivity index is 2.64. The molecule has 0 fully saturated rings. The molecule has 94 valence electrons. The Morgan fingerprint density at radius 1 is 1.44 bits per heavy atom. The first-order chi connectivity index (χ1) is 8.54. The zero-order valence-electron chi connectivity index (χ0n) is 9.22. The van der Waals surface area contributed by atoms with Crippen molar-refractivity contribution < 1.29 is 9.53 Å². The topological polar surface area (TPSA) is 83.0 Å². The minimum atomic E-state index is -0.482. The number of rotatable bonds is 2. The van der Waals surface area contributed by atoms with Crippen molar-refractivity contribution >= 4 is 56.8 Å². The van der Waals surface area contributed by atoms with Crippen molar-refractivity contribution in [3.05, 3.63) is 31.6 Å². The van der Waals surface area contributed by atoms with Crippen LogP contribution in [0.1, 0.15) is 10.4 Å².